The molecule has 0 fully saturated rings. The van der Waals surface area contributed by atoms with Crippen molar-refractivity contribution in [1.82, 2.24) is 10.3 Å². The minimum atomic E-state index is -0.234. The third-order valence-corrected chi connectivity index (χ3v) is 2.65. The number of pyridine rings is 1. The summed E-state index contributed by atoms with van der Waals surface area (Å²) in [4.78, 5) is 15.6. The van der Waals surface area contributed by atoms with Crippen molar-refractivity contribution in [2.24, 2.45) is 0 Å². The minimum absolute atomic E-state index is 0.179. The first-order chi connectivity index (χ1) is 8.19. The van der Waals surface area contributed by atoms with Gasteiger partial charge in [-0.15, -0.1) is 0 Å². The van der Waals surface area contributed by atoms with Crippen LogP contribution >= 0.6 is 0 Å². The van der Waals surface area contributed by atoms with E-state index in [2.05, 4.69) is 10.3 Å². The van der Waals surface area contributed by atoms with Crippen molar-refractivity contribution >= 4 is 5.97 Å². The van der Waals surface area contributed by atoms with Crippen LogP contribution in [0.2, 0.25) is 0 Å². The molecule has 0 radical (unpaired) electrons. The summed E-state index contributed by atoms with van der Waals surface area (Å²) in [5.74, 6) is -0.179. The molecule has 0 spiro atoms. The van der Waals surface area contributed by atoms with E-state index in [-0.39, 0.29) is 12.0 Å². The van der Waals surface area contributed by atoms with Gasteiger partial charge in [-0.2, -0.15) is 0 Å². The molecule has 0 aliphatic heterocycles. The SMILES string of the molecule is CCOC(=O)C(CC)NCc1ccncc1C. The fraction of sp³-hybridized carbons (Fsp3) is 0.538. The minimum Gasteiger partial charge on any atom is -0.465 e. The summed E-state index contributed by atoms with van der Waals surface area (Å²) in [6.07, 6.45) is 4.31. The van der Waals surface area contributed by atoms with E-state index in [1.54, 1.807) is 6.20 Å². The summed E-state index contributed by atoms with van der Waals surface area (Å²) in [6.45, 7) is 6.87. The number of esters is 1. The van der Waals surface area contributed by atoms with Gasteiger partial charge in [0, 0.05) is 18.9 Å². The average molecular weight is 236 g/mol. The van der Waals surface area contributed by atoms with Gasteiger partial charge in [-0.25, -0.2) is 0 Å². The first-order valence-corrected chi connectivity index (χ1v) is 5.98. The molecule has 1 aromatic heterocycles. The Hall–Kier alpha value is -1.42. The van der Waals surface area contributed by atoms with Crippen molar-refractivity contribution in [2.45, 2.75) is 39.8 Å². The first-order valence-electron chi connectivity index (χ1n) is 5.98. The van der Waals surface area contributed by atoms with Crippen LogP contribution in [0.25, 0.3) is 0 Å². The summed E-state index contributed by atoms with van der Waals surface area (Å²) < 4.78 is 5.00. The number of carbonyl (C=O) groups excluding carboxylic acids is 1. The molecular formula is C13H20N2O2. The second kappa shape index (κ2) is 7.01. The highest BCUT2D eigenvalue weighted by Crippen LogP contribution is 2.05. The Morgan fingerprint density at radius 3 is 2.88 bits per heavy atom. The largest absolute Gasteiger partial charge is 0.465 e. The standard InChI is InChI=1S/C13H20N2O2/c1-4-12(13(16)17-5-2)15-9-11-6-7-14-8-10(11)3/h6-8,12,15H,4-5,9H2,1-3H3. The van der Waals surface area contributed by atoms with Gasteiger partial charge in [-0.05, 0) is 37.5 Å². The van der Waals surface area contributed by atoms with Crippen LogP contribution in [0, 0.1) is 6.92 Å². The third-order valence-electron chi connectivity index (χ3n) is 2.65. The highest BCUT2D eigenvalue weighted by Gasteiger charge is 2.16. The maximum Gasteiger partial charge on any atom is 0.323 e. The van der Waals surface area contributed by atoms with Crippen LogP contribution in [-0.4, -0.2) is 23.6 Å². The van der Waals surface area contributed by atoms with Crippen LogP contribution in [0.4, 0.5) is 0 Å². The monoisotopic (exact) mass is 236 g/mol. The van der Waals surface area contributed by atoms with Gasteiger partial charge in [0.1, 0.15) is 6.04 Å². The van der Waals surface area contributed by atoms with E-state index in [1.807, 2.05) is 33.0 Å². The lowest BCUT2D eigenvalue weighted by Gasteiger charge is -2.16. The van der Waals surface area contributed by atoms with E-state index in [0.717, 1.165) is 17.5 Å². The van der Waals surface area contributed by atoms with Gasteiger partial charge in [0.05, 0.1) is 6.61 Å². The van der Waals surface area contributed by atoms with Gasteiger partial charge >= 0.3 is 5.97 Å². The number of rotatable bonds is 6. The molecule has 0 aromatic carbocycles. The van der Waals surface area contributed by atoms with Crippen molar-refractivity contribution in [3.05, 3.63) is 29.6 Å². The fourth-order valence-electron chi connectivity index (χ4n) is 1.57. The molecule has 0 bridgehead atoms. The normalized spacial score (nSPS) is 12.2. The van der Waals surface area contributed by atoms with Gasteiger partial charge in [0.25, 0.3) is 0 Å². The zero-order valence-electron chi connectivity index (χ0n) is 10.7. The smallest absolute Gasteiger partial charge is 0.323 e. The summed E-state index contributed by atoms with van der Waals surface area (Å²) in [7, 11) is 0. The van der Waals surface area contributed by atoms with E-state index in [1.165, 1.54) is 0 Å². The zero-order chi connectivity index (χ0) is 12.7. The second-order valence-corrected chi connectivity index (χ2v) is 3.90. The molecule has 1 unspecified atom stereocenters. The lowest BCUT2D eigenvalue weighted by atomic mass is 10.1. The Morgan fingerprint density at radius 1 is 1.53 bits per heavy atom. The molecule has 0 saturated heterocycles. The molecule has 1 rings (SSSR count). The van der Waals surface area contributed by atoms with Crippen LogP contribution < -0.4 is 5.32 Å². The number of hydrogen-bond donors (Lipinski definition) is 1. The summed E-state index contributed by atoms with van der Waals surface area (Å²) in [5, 5.41) is 3.21. The predicted molar refractivity (Wildman–Crippen MR) is 66.5 cm³/mol. The Balaban J connectivity index is 2.53. The molecule has 1 aromatic rings. The number of nitrogens with one attached hydrogen (secondary N) is 1. The summed E-state index contributed by atoms with van der Waals surface area (Å²) in [5.41, 5.74) is 2.28. The number of nitrogens with zero attached hydrogens (tertiary/aromatic N) is 1. The highest BCUT2D eigenvalue weighted by atomic mass is 16.5. The molecule has 0 aliphatic carbocycles. The highest BCUT2D eigenvalue weighted by molar-refractivity contribution is 5.75. The lowest BCUT2D eigenvalue weighted by molar-refractivity contribution is -0.145. The zero-order valence-corrected chi connectivity index (χ0v) is 10.7. The molecule has 1 atom stereocenters. The summed E-state index contributed by atoms with van der Waals surface area (Å²) in [6, 6.07) is 1.72. The molecule has 4 heteroatoms. The topological polar surface area (TPSA) is 51.2 Å². The van der Waals surface area contributed by atoms with Crippen molar-refractivity contribution in [3.63, 3.8) is 0 Å². The van der Waals surface area contributed by atoms with Crippen molar-refractivity contribution in [2.75, 3.05) is 6.61 Å². The fourth-order valence-corrected chi connectivity index (χ4v) is 1.57. The maximum absolute atomic E-state index is 11.6. The number of hydrogen-bond acceptors (Lipinski definition) is 4. The Morgan fingerprint density at radius 2 is 2.29 bits per heavy atom. The van der Waals surface area contributed by atoms with Crippen LogP contribution in [0.5, 0.6) is 0 Å². The molecule has 0 aliphatic rings. The van der Waals surface area contributed by atoms with Crippen LogP contribution in [-0.2, 0) is 16.1 Å². The quantitative estimate of drug-likeness (QED) is 0.765. The van der Waals surface area contributed by atoms with Crippen LogP contribution in [0.1, 0.15) is 31.4 Å². The van der Waals surface area contributed by atoms with E-state index >= 15 is 0 Å². The Bertz CT molecular complexity index is 366. The third kappa shape index (κ3) is 4.15. The number of ether oxygens (including phenoxy) is 1. The number of aryl methyl sites for hydroxylation is 1. The van der Waals surface area contributed by atoms with Crippen LogP contribution in [0.15, 0.2) is 18.5 Å². The molecule has 0 amide bonds. The van der Waals surface area contributed by atoms with Crippen molar-refractivity contribution < 1.29 is 9.53 Å². The molecule has 1 N–H and O–H groups in total. The van der Waals surface area contributed by atoms with E-state index in [0.29, 0.717) is 13.2 Å². The Kier molecular flexibility index (Phi) is 5.63. The molecule has 17 heavy (non-hydrogen) atoms. The van der Waals surface area contributed by atoms with Crippen molar-refractivity contribution in [1.29, 1.82) is 0 Å². The summed E-state index contributed by atoms with van der Waals surface area (Å²) >= 11 is 0. The van der Waals surface area contributed by atoms with Gasteiger partial charge in [-0.3, -0.25) is 9.78 Å². The molecular weight excluding hydrogens is 216 g/mol. The molecule has 0 saturated carbocycles. The number of aromatic nitrogens is 1. The van der Waals surface area contributed by atoms with Gasteiger partial charge in [0.2, 0.25) is 0 Å². The second-order valence-electron chi connectivity index (χ2n) is 3.90. The van der Waals surface area contributed by atoms with Gasteiger partial charge in [-0.1, -0.05) is 6.92 Å². The maximum atomic E-state index is 11.6. The molecule has 4 nitrogen and oxygen atoms in total. The predicted octanol–water partition coefficient (Wildman–Crippen LogP) is 1.82. The Labute approximate surface area is 102 Å². The van der Waals surface area contributed by atoms with E-state index in [4.69, 9.17) is 4.74 Å². The first kappa shape index (κ1) is 13.6. The van der Waals surface area contributed by atoms with Crippen molar-refractivity contribution in [3.8, 4) is 0 Å². The van der Waals surface area contributed by atoms with Gasteiger partial charge < -0.3 is 10.1 Å². The van der Waals surface area contributed by atoms with E-state index in [9.17, 15) is 4.79 Å². The van der Waals surface area contributed by atoms with Gasteiger partial charge in [0.15, 0.2) is 0 Å². The lowest BCUT2D eigenvalue weighted by Crippen LogP contribution is -2.37. The van der Waals surface area contributed by atoms with E-state index < -0.39 is 0 Å². The molecule has 1 heterocycles. The molecule has 94 valence electrons. The average Bonchev–Trinajstić information content (AvgIpc) is 2.32. The number of carbonyl (C=O) groups is 1. The van der Waals surface area contributed by atoms with Crippen LogP contribution in [0.3, 0.4) is 0 Å².